The van der Waals surface area contributed by atoms with Gasteiger partial charge in [-0.25, -0.2) is 4.39 Å². The van der Waals surface area contributed by atoms with E-state index in [1.165, 1.54) is 12.3 Å². The molecular weight excluding hydrogens is 247 g/mol. The fourth-order valence-corrected chi connectivity index (χ4v) is 2.26. The molecule has 0 radical (unpaired) electrons. The summed E-state index contributed by atoms with van der Waals surface area (Å²) in [6.45, 7) is 3.96. The van der Waals surface area contributed by atoms with Crippen molar-refractivity contribution in [2.24, 2.45) is 0 Å². The maximum atomic E-state index is 13.6. The van der Waals surface area contributed by atoms with Crippen LogP contribution in [0.15, 0.2) is 18.5 Å². The first-order valence-corrected chi connectivity index (χ1v) is 6.72. The van der Waals surface area contributed by atoms with E-state index in [9.17, 15) is 9.18 Å². The molecule has 0 aliphatic carbocycles. The number of nitrogens with zero attached hydrogens (tertiary/aromatic N) is 2. The summed E-state index contributed by atoms with van der Waals surface area (Å²) >= 11 is 0. The number of carbonyl (C=O) groups is 1. The van der Waals surface area contributed by atoms with Crippen LogP contribution in [0.1, 0.15) is 36.5 Å². The molecule has 104 valence electrons. The molecule has 1 aliphatic rings. The van der Waals surface area contributed by atoms with E-state index in [2.05, 4.69) is 11.9 Å². The predicted molar refractivity (Wildman–Crippen MR) is 69.4 cm³/mol. The normalized spacial score (nSPS) is 19.5. The van der Waals surface area contributed by atoms with Crippen molar-refractivity contribution >= 4 is 5.91 Å². The number of hydrogen-bond donors (Lipinski definition) is 0. The maximum Gasteiger partial charge on any atom is 0.257 e. The lowest BCUT2D eigenvalue weighted by Gasteiger charge is -2.32. The number of carbonyl (C=O) groups excluding carboxylic acids is 1. The minimum atomic E-state index is -0.566. The lowest BCUT2D eigenvalue weighted by molar-refractivity contribution is 0.00196. The van der Waals surface area contributed by atoms with E-state index in [0.717, 1.165) is 25.5 Å². The van der Waals surface area contributed by atoms with Gasteiger partial charge in [-0.05, 0) is 25.3 Å². The number of ether oxygens (including phenoxy) is 1. The van der Waals surface area contributed by atoms with Crippen molar-refractivity contribution in [2.45, 2.75) is 32.3 Å². The summed E-state index contributed by atoms with van der Waals surface area (Å²) in [4.78, 5) is 17.6. The molecule has 1 aromatic heterocycles. The zero-order chi connectivity index (χ0) is 13.7. The third-order valence-electron chi connectivity index (χ3n) is 3.23. The van der Waals surface area contributed by atoms with Gasteiger partial charge < -0.3 is 9.64 Å². The molecule has 1 saturated heterocycles. The van der Waals surface area contributed by atoms with Crippen LogP contribution in [0.25, 0.3) is 0 Å². The molecule has 0 aromatic carbocycles. The molecule has 1 amide bonds. The highest BCUT2D eigenvalue weighted by Gasteiger charge is 2.26. The van der Waals surface area contributed by atoms with Crippen LogP contribution >= 0.6 is 0 Å². The quantitative estimate of drug-likeness (QED) is 0.839. The molecule has 1 aromatic rings. The Labute approximate surface area is 112 Å². The molecule has 19 heavy (non-hydrogen) atoms. The highest BCUT2D eigenvalue weighted by atomic mass is 19.1. The third kappa shape index (κ3) is 3.50. The summed E-state index contributed by atoms with van der Waals surface area (Å²) in [5.41, 5.74) is 0.0890. The van der Waals surface area contributed by atoms with Gasteiger partial charge in [0.25, 0.3) is 5.91 Å². The number of amides is 1. The van der Waals surface area contributed by atoms with Crippen molar-refractivity contribution in [1.29, 1.82) is 0 Å². The molecule has 1 fully saturated rings. The topological polar surface area (TPSA) is 42.4 Å². The standard InChI is InChI=1S/C14H19FN2O2/c1-2-8-19-11-4-3-7-17(10-11)14(18)12-5-6-16-9-13(12)15/h5-6,9,11H,2-4,7-8,10H2,1H3. The van der Waals surface area contributed by atoms with Gasteiger partial charge in [0, 0.05) is 25.9 Å². The number of hydrogen-bond acceptors (Lipinski definition) is 3. The maximum absolute atomic E-state index is 13.6. The minimum Gasteiger partial charge on any atom is -0.376 e. The van der Waals surface area contributed by atoms with Gasteiger partial charge in [-0.3, -0.25) is 9.78 Å². The summed E-state index contributed by atoms with van der Waals surface area (Å²) in [6, 6.07) is 1.42. The van der Waals surface area contributed by atoms with Crippen LogP contribution in [-0.4, -0.2) is 41.6 Å². The molecular formula is C14H19FN2O2. The van der Waals surface area contributed by atoms with E-state index in [1.807, 2.05) is 0 Å². The number of halogens is 1. The van der Waals surface area contributed by atoms with Crippen LogP contribution in [0.4, 0.5) is 4.39 Å². The van der Waals surface area contributed by atoms with Crippen molar-refractivity contribution in [3.05, 3.63) is 29.8 Å². The van der Waals surface area contributed by atoms with Crippen molar-refractivity contribution < 1.29 is 13.9 Å². The summed E-state index contributed by atoms with van der Waals surface area (Å²) in [6.07, 6.45) is 5.40. The van der Waals surface area contributed by atoms with E-state index in [1.54, 1.807) is 4.90 Å². The Hall–Kier alpha value is -1.49. The van der Waals surface area contributed by atoms with Crippen molar-refractivity contribution in [1.82, 2.24) is 9.88 Å². The van der Waals surface area contributed by atoms with Gasteiger partial charge in [-0.1, -0.05) is 6.92 Å². The number of piperidine rings is 1. The molecule has 0 N–H and O–H groups in total. The number of rotatable bonds is 4. The van der Waals surface area contributed by atoms with Gasteiger partial charge in [-0.15, -0.1) is 0 Å². The number of likely N-dealkylation sites (tertiary alicyclic amines) is 1. The summed E-state index contributed by atoms with van der Waals surface area (Å²) < 4.78 is 19.2. The zero-order valence-corrected chi connectivity index (χ0v) is 11.1. The molecule has 2 rings (SSSR count). The molecule has 4 nitrogen and oxygen atoms in total. The van der Waals surface area contributed by atoms with E-state index >= 15 is 0 Å². The van der Waals surface area contributed by atoms with Crippen LogP contribution in [0.5, 0.6) is 0 Å². The van der Waals surface area contributed by atoms with E-state index in [0.29, 0.717) is 19.7 Å². The third-order valence-corrected chi connectivity index (χ3v) is 3.23. The Morgan fingerprint density at radius 2 is 2.47 bits per heavy atom. The van der Waals surface area contributed by atoms with Crippen LogP contribution in [0.2, 0.25) is 0 Å². The van der Waals surface area contributed by atoms with Gasteiger partial charge in [0.2, 0.25) is 0 Å². The van der Waals surface area contributed by atoms with E-state index in [4.69, 9.17) is 4.74 Å². The SMILES string of the molecule is CCCOC1CCCN(C(=O)c2ccncc2F)C1. The first kappa shape index (κ1) is 13.9. The molecule has 0 saturated carbocycles. The second kappa shape index (κ2) is 6.61. The van der Waals surface area contributed by atoms with Crippen molar-refractivity contribution in [3.8, 4) is 0 Å². The second-order valence-electron chi connectivity index (χ2n) is 4.74. The van der Waals surface area contributed by atoms with Crippen molar-refractivity contribution in [3.63, 3.8) is 0 Å². The fourth-order valence-electron chi connectivity index (χ4n) is 2.26. The summed E-state index contributed by atoms with van der Waals surface area (Å²) in [7, 11) is 0. The number of pyridine rings is 1. The highest BCUT2D eigenvalue weighted by Crippen LogP contribution is 2.17. The summed E-state index contributed by atoms with van der Waals surface area (Å²) in [5, 5.41) is 0. The van der Waals surface area contributed by atoms with Crippen LogP contribution in [-0.2, 0) is 4.74 Å². The lowest BCUT2D eigenvalue weighted by atomic mass is 10.1. The van der Waals surface area contributed by atoms with Gasteiger partial charge in [0.15, 0.2) is 5.82 Å². The monoisotopic (exact) mass is 266 g/mol. The van der Waals surface area contributed by atoms with Gasteiger partial charge in [-0.2, -0.15) is 0 Å². The smallest absolute Gasteiger partial charge is 0.257 e. The Morgan fingerprint density at radius 3 is 3.21 bits per heavy atom. The van der Waals surface area contributed by atoms with Crippen LogP contribution in [0, 0.1) is 5.82 Å². The first-order valence-electron chi connectivity index (χ1n) is 6.72. The minimum absolute atomic E-state index is 0.0718. The summed E-state index contributed by atoms with van der Waals surface area (Å²) in [5.74, 6) is -0.839. The fraction of sp³-hybridized carbons (Fsp3) is 0.571. The Kier molecular flexibility index (Phi) is 4.85. The highest BCUT2D eigenvalue weighted by molar-refractivity contribution is 5.94. The Balaban J connectivity index is 2.01. The zero-order valence-electron chi connectivity index (χ0n) is 11.1. The predicted octanol–water partition coefficient (Wildman–Crippen LogP) is 2.25. The van der Waals surface area contributed by atoms with Gasteiger partial charge in [0.05, 0.1) is 17.9 Å². The second-order valence-corrected chi connectivity index (χ2v) is 4.74. The lowest BCUT2D eigenvalue weighted by Crippen LogP contribution is -2.43. The molecule has 1 aliphatic heterocycles. The molecule has 0 bridgehead atoms. The Morgan fingerprint density at radius 1 is 1.63 bits per heavy atom. The van der Waals surface area contributed by atoms with Crippen LogP contribution in [0.3, 0.4) is 0 Å². The molecule has 2 heterocycles. The first-order chi connectivity index (χ1) is 9.22. The average molecular weight is 266 g/mol. The molecule has 1 atom stereocenters. The average Bonchev–Trinajstić information content (AvgIpc) is 2.45. The van der Waals surface area contributed by atoms with E-state index < -0.39 is 5.82 Å². The van der Waals surface area contributed by atoms with Gasteiger partial charge >= 0.3 is 0 Å². The van der Waals surface area contributed by atoms with Crippen LogP contribution < -0.4 is 0 Å². The Bertz CT molecular complexity index is 439. The molecule has 1 unspecified atom stereocenters. The molecule has 5 heteroatoms. The van der Waals surface area contributed by atoms with E-state index in [-0.39, 0.29) is 17.6 Å². The van der Waals surface area contributed by atoms with Crippen molar-refractivity contribution in [2.75, 3.05) is 19.7 Å². The number of aromatic nitrogens is 1. The molecule has 0 spiro atoms. The largest absolute Gasteiger partial charge is 0.376 e. The van der Waals surface area contributed by atoms with Gasteiger partial charge in [0.1, 0.15) is 0 Å².